The standard InChI is InChI=1S/C20H26N2.C18H23BrN2.C13H12O.C11H9BrO.C5H12O3Si.C4H6.C3H4.C2H2.CH4/c1-6-15-12-17-18(20(4,5)9-8-19(17,2)3)13-16(15)14-22-11-7-10-21-22;1-17(2)6-7-18(3,4)15-11-16(19)13(10-14(15)17)12-21-9-5-8-20-21;1-3-10-4-5-12-9-13(14-2)7-6-11(12)8-10;1-13-11-5-3-8-6-10(12)4-2-9(8)7-11;1-5-9(6-2,7-3)8-4;1-3-4-2;1-3-2;1-2;/h6-7,10-13H,1,8-9,14H2,2-5H3;5,8-11H,6-7,12H2,1-4H3;3-9H,1H2,2H3;2-7H,1H3;5H,1H2,2-4H3;1-2H3;1H,2H3;1-2H;1H4. The first-order valence-corrected chi connectivity index (χ1v) is 32.6. The number of halogens is 2. The fourth-order valence-corrected chi connectivity index (χ4v) is 12.1. The second kappa shape index (κ2) is 37.1. The maximum absolute atomic E-state index is 5.16. The van der Waals surface area contributed by atoms with Crippen molar-refractivity contribution in [2.45, 2.75) is 144 Å². The van der Waals surface area contributed by atoms with Gasteiger partial charge >= 0.3 is 8.80 Å². The summed E-state index contributed by atoms with van der Waals surface area (Å²) in [6.07, 6.45) is 29.1. The van der Waals surface area contributed by atoms with Crippen molar-refractivity contribution in [2.75, 3.05) is 35.5 Å². The summed E-state index contributed by atoms with van der Waals surface area (Å²) in [6.45, 7) is 37.1. The highest BCUT2D eigenvalue weighted by atomic mass is 79.9. The molecule has 0 bridgehead atoms. The summed E-state index contributed by atoms with van der Waals surface area (Å²) in [5.74, 6) is 9.40. The molecule has 0 unspecified atom stereocenters. The molecule has 6 aromatic carbocycles. The largest absolute Gasteiger partial charge is 0.528 e. The molecule has 0 amide bonds. The predicted octanol–water partition coefficient (Wildman–Crippen LogP) is 20.2. The molecule has 9 nitrogen and oxygen atoms in total. The van der Waals surface area contributed by atoms with Crippen LogP contribution in [0.1, 0.15) is 154 Å². The van der Waals surface area contributed by atoms with Crippen molar-refractivity contribution in [2.24, 2.45) is 0 Å². The molecule has 2 aliphatic carbocycles. The summed E-state index contributed by atoms with van der Waals surface area (Å²) in [5.41, 5.74) is 13.6. The van der Waals surface area contributed by atoms with E-state index in [4.69, 9.17) is 22.8 Å². The van der Waals surface area contributed by atoms with E-state index in [1.54, 1.807) is 48.2 Å². The quantitative estimate of drug-likeness (QED) is 0.0890. The van der Waals surface area contributed by atoms with Crippen LogP contribution >= 0.6 is 31.9 Å². The van der Waals surface area contributed by atoms with E-state index >= 15 is 0 Å². The monoisotopic (exact) mass is 1340 g/mol. The number of hydrogen-bond acceptors (Lipinski definition) is 7. The smallest absolute Gasteiger partial charge is 0.497 e. The third-order valence-electron chi connectivity index (χ3n) is 15.8. The zero-order chi connectivity index (χ0) is 65.9. The third-order valence-corrected chi connectivity index (χ3v) is 19.2. The molecule has 12 heteroatoms. The highest BCUT2D eigenvalue weighted by molar-refractivity contribution is 9.10. The molecule has 0 saturated carbocycles. The highest BCUT2D eigenvalue weighted by Gasteiger charge is 2.39. The van der Waals surface area contributed by atoms with Gasteiger partial charge in [0.05, 0.1) is 27.3 Å². The van der Waals surface area contributed by atoms with Crippen molar-refractivity contribution < 1.29 is 22.8 Å². The van der Waals surface area contributed by atoms with Crippen LogP contribution in [0, 0.1) is 37.0 Å². The van der Waals surface area contributed by atoms with Gasteiger partial charge in [-0.25, -0.2) is 0 Å². The van der Waals surface area contributed by atoms with Crippen LogP contribution in [0.3, 0.4) is 0 Å². The minimum Gasteiger partial charge on any atom is -0.497 e. The van der Waals surface area contributed by atoms with Crippen LogP contribution in [0.2, 0.25) is 0 Å². The van der Waals surface area contributed by atoms with Gasteiger partial charge < -0.3 is 22.8 Å². The van der Waals surface area contributed by atoms with E-state index in [1.807, 2.05) is 103 Å². The Morgan fingerprint density at radius 3 is 1.29 bits per heavy atom. The SMILES string of the molecule is C.C#C.C#CC.C=C[Si](OC)(OC)OC.C=Cc1cc2c(cc1Cn1cccn1)C(C)(C)CCC2(C)C.C=Cc1ccc2cc(OC)ccc2c1.CC#CC.CC1(C)CCC(C)(C)c2cc(Cn3cccn3)c(Br)cc21.COc1ccc2cc(Br)ccc2c1. The topological polar surface area (TPSA) is 81.8 Å². The number of nitrogens with zero attached hydrogens (tertiary/aromatic N) is 4. The molecule has 0 aliphatic heterocycles. The second-order valence-corrected chi connectivity index (χ2v) is 28.1. The summed E-state index contributed by atoms with van der Waals surface area (Å²) in [5, 5.41) is 13.5. The van der Waals surface area contributed by atoms with Gasteiger partial charge in [-0.1, -0.05) is 175 Å². The molecular weight excluding hydrogens is 1250 g/mol. The number of terminal acetylenes is 2. The summed E-state index contributed by atoms with van der Waals surface area (Å²) >= 11 is 7.21. The van der Waals surface area contributed by atoms with Crippen molar-refractivity contribution >= 4 is 74.4 Å². The van der Waals surface area contributed by atoms with E-state index < -0.39 is 8.80 Å². The number of aromatic nitrogens is 4. The van der Waals surface area contributed by atoms with E-state index in [0.717, 1.165) is 34.6 Å². The maximum Gasteiger partial charge on any atom is 0.528 e. The molecule has 0 radical (unpaired) electrons. The van der Waals surface area contributed by atoms with Gasteiger partial charge in [0.25, 0.3) is 0 Å². The van der Waals surface area contributed by atoms with Crippen LogP contribution in [0.4, 0.5) is 0 Å². The summed E-state index contributed by atoms with van der Waals surface area (Å²) in [6, 6.07) is 38.0. The van der Waals surface area contributed by atoms with E-state index in [9.17, 15) is 0 Å². The lowest BCUT2D eigenvalue weighted by Crippen LogP contribution is -2.40. The van der Waals surface area contributed by atoms with Crippen molar-refractivity contribution in [1.82, 2.24) is 19.6 Å². The highest BCUT2D eigenvalue weighted by Crippen LogP contribution is 2.48. The summed E-state index contributed by atoms with van der Waals surface area (Å²) < 4.78 is 31.4. The average Bonchev–Trinajstić information content (AvgIpc) is 0.971. The van der Waals surface area contributed by atoms with Crippen molar-refractivity contribution in [3.05, 3.63) is 213 Å². The fraction of sp³-hybridized carbons (Fsp3) is 0.351. The first-order chi connectivity index (χ1) is 41.8. The second-order valence-electron chi connectivity index (χ2n) is 23.5. The minimum absolute atomic E-state index is 0. The van der Waals surface area contributed by atoms with Gasteiger partial charge in [-0.3, -0.25) is 9.36 Å². The molecule has 89 heavy (non-hydrogen) atoms. The molecule has 2 heterocycles. The lowest BCUT2D eigenvalue weighted by molar-refractivity contribution is 0.138. The predicted molar refractivity (Wildman–Crippen MR) is 390 cm³/mol. The van der Waals surface area contributed by atoms with Crippen LogP contribution in [0.5, 0.6) is 11.5 Å². The Morgan fingerprint density at radius 1 is 0.539 bits per heavy atom. The van der Waals surface area contributed by atoms with Crippen LogP contribution in [0.25, 0.3) is 33.7 Å². The first-order valence-electron chi connectivity index (χ1n) is 29.2. The van der Waals surface area contributed by atoms with Crippen molar-refractivity contribution in [3.63, 3.8) is 0 Å². The van der Waals surface area contributed by atoms with Crippen molar-refractivity contribution in [3.8, 4) is 48.5 Å². The van der Waals surface area contributed by atoms with Crippen molar-refractivity contribution in [1.29, 1.82) is 0 Å². The van der Waals surface area contributed by atoms with Gasteiger partial charge in [0.15, 0.2) is 0 Å². The van der Waals surface area contributed by atoms with Gasteiger partial charge in [0.2, 0.25) is 0 Å². The Morgan fingerprint density at radius 2 is 0.921 bits per heavy atom. The van der Waals surface area contributed by atoms with E-state index in [0.29, 0.717) is 0 Å². The van der Waals surface area contributed by atoms with E-state index in [-0.39, 0.29) is 29.1 Å². The molecule has 0 saturated heterocycles. The zero-order valence-corrected chi connectivity index (χ0v) is 59.3. The minimum atomic E-state index is -2.43. The Bertz CT molecular complexity index is 3620. The molecule has 474 valence electrons. The number of benzene rings is 6. The molecule has 0 atom stereocenters. The van der Waals surface area contributed by atoms with Gasteiger partial charge in [0, 0.05) is 55.1 Å². The Kier molecular flexibility index (Phi) is 32.5. The number of rotatable bonds is 12. The molecule has 10 rings (SSSR count). The normalized spacial score (nSPS) is 13.7. The average molecular weight is 1350 g/mol. The number of ether oxygens (including phenoxy) is 2. The Balaban J connectivity index is 0.000000375. The number of methoxy groups -OCH3 is 2. The lowest BCUT2D eigenvalue weighted by atomic mass is 9.62. The molecule has 0 spiro atoms. The van der Waals surface area contributed by atoms with Gasteiger partial charge in [-0.05, 0) is 201 Å². The van der Waals surface area contributed by atoms with Gasteiger partial charge in [-0.15, -0.1) is 37.0 Å². The molecule has 0 N–H and O–H groups in total. The molecule has 0 fully saturated rings. The first kappa shape index (κ1) is 77.9. The maximum atomic E-state index is 5.16. The summed E-state index contributed by atoms with van der Waals surface area (Å²) in [4.78, 5) is 0. The van der Waals surface area contributed by atoms with Crippen LogP contribution in [-0.4, -0.2) is 63.9 Å². The molecular formula is C77H98Br2N4O5Si. The molecule has 2 aliphatic rings. The molecule has 8 aromatic rings. The van der Waals surface area contributed by atoms with Crippen LogP contribution in [-0.2, 0) is 48.0 Å². The van der Waals surface area contributed by atoms with Gasteiger partial charge in [0.1, 0.15) is 11.5 Å². The number of fused-ring (bicyclic) bond motifs is 4. The Labute approximate surface area is 554 Å². The number of hydrogen-bond donors (Lipinski definition) is 0. The lowest BCUT2D eigenvalue weighted by Gasteiger charge is -2.42. The van der Waals surface area contributed by atoms with E-state index in [2.05, 4.69) is 221 Å². The zero-order valence-electron chi connectivity index (χ0n) is 55.1. The van der Waals surface area contributed by atoms with Crippen LogP contribution in [0.15, 0.2) is 168 Å². The van der Waals surface area contributed by atoms with Gasteiger partial charge in [-0.2, -0.15) is 10.2 Å². The summed E-state index contributed by atoms with van der Waals surface area (Å²) in [7, 11) is 5.56. The third kappa shape index (κ3) is 22.4. The molecule has 2 aromatic heterocycles. The Hall–Kier alpha value is -7.18. The fourth-order valence-electron chi connectivity index (χ4n) is 10.2. The van der Waals surface area contributed by atoms with Crippen LogP contribution < -0.4 is 9.47 Å². The van der Waals surface area contributed by atoms with E-state index in [1.165, 1.54) is 90.6 Å².